The third kappa shape index (κ3) is 7.60. The molecule has 0 atom stereocenters. The van der Waals surface area contributed by atoms with Gasteiger partial charge in [0.05, 0.1) is 21.3 Å². The molecule has 41 heavy (non-hydrogen) atoms. The Hall–Kier alpha value is -4.46. The Morgan fingerprint density at radius 1 is 0.805 bits per heavy atom. The fraction of sp³-hybridized carbons (Fsp3) is 0.333. The molecule has 8 nitrogen and oxygen atoms in total. The van der Waals surface area contributed by atoms with Crippen molar-refractivity contribution in [3.8, 4) is 17.2 Å². The first-order valence-corrected chi connectivity index (χ1v) is 13.9. The number of ether oxygens (including phenoxy) is 3. The number of nitrogens with one attached hydrogen (secondary N) is 1. The Morgan fingerprint density at radius 3 is 2.15 bits per heavy atom. The molecule has 1 aromatic heterocycles. The molecule has 1 heterocycles. The highest BCUT2D eigenvalue weighted by Crippen LogP contribution is 2.24. The van der Waals surface area contributed by atoms with E-state index in [1.54, 1.807) is 44.4 Å². The van der Waals surface area contributed by atoms with Crippen LogP contribution in [0.5, 0.6) is 17.2 Å². The lowest BCUT2D eigenvalue weighted by molar-refractivity contribution is -0.132. The smallest absolute Gasteiger partial charge is 0.254 e. The molecule has 216 valence electrons. The Balaban J connectivity index is 1.57. The summed E-state index contributed by atoms with van der Waals surface area (Å²) >= 11 is 0. The van der Waals surface area contributed by atoms with Crippen molar-refractivity contribution in [3.05, 3.63) is 89.6 Å². The third-order valence-corrected chi connectivity index (χ3v) is 7.20. The van der Waals surface area contributed by atoms with Crippen LogP contribution in [0.1, 0.15) is 41.3 Å². The number of para-hydroxylation sites is 1. The summed E-state index contributed by atoms with van der Waals surface area (Å²) in [4.78, 5) is 34.4. The van der Waals surface area contributed by atoms with Crippen LogP contribution in [0.4, 0.5) is 0 Å². The fourth-order valence-corrected chi connectivity index (χ4v) is 4.82. The molecule has 3 aromatic carbocycles. The van der Waals surface area contributed by atoms with Crippen LogP contribution in [0.15, 0.2) is 72.9 Å². The SMILES string of the molecule is CCCCN(CC(=O)N(CCc1c[nH]c2ccccc12)Cc1ccc(OC)cc1)C(=O)c1cc(OC)cc(OC)c1. The molecule has 0 radical (unpaired) electrons. The summed E-state index contributed by atoms with van der Waals surface area (Å²) in [5, 5.41) is 1.15. The van der Waals surface area contributed by atoms with Gasteiger partial charge in [-0.3, -0.25) is 9.59 Å². The Morgan fingerprint density at radius 2 is 1.49 bits per heavy atom. The van der Waals surface area contributed by atoms with Crippen LogP contribution >= 0.6 is 0 Å². The van der Waals surface area contributed by atoms with Gasteiger partial charge in [0, 0.05) is 48.4 Å². The number of amides is 2. The van der Waals surface area contributed by atoms with Gasteiger partial charge in [0.1, 0.15) is 23.8 Å². The van der Waals surface area contributed by atoms with E-state index in [0.717, 1.165) is 40.6 Å². The molecule has 0 saturated carbocycles. The average Bonchev–Trinajstić information content (AvgIpc) is 3.43. The lowest BCUT2D eigenvalue weighted by Gasteiger charge is -2.28. The number of rotatable bonds is 14. The van der Waals surface area contributed by atoms with Crippen LogP contribution < -0.4 is 14.2 Å². The molecule has 4 aromatic rings. The zero-order valence-corrected chi connectivity index (χ0v) is 24.3. The van der Waals surface area contributed by atoms with Crippen molar-refractivity contribution in [1.82, 2.24) is 14.8 Å². The van der Waals surface area contributed by atoms with Gasteiger partial charge in [-0.15, -0.1) is 0 Å². The predicted octanol–water partition coefficient (Wildman–Crippen LogP) is 5.71. The first-order valence-electron chi connectivity index (χ1n) is 13.9. The fourth-order valence-electron chi connectivity index (χ4n) is 4.82. The second-order valence-electron chi connectivity index (χ2n) is 9.95. The van der Waals surface area contributed by atoms with Gasteiger partial charge in [0.25, 0.3) is 5.91 Å². The topological polar surface area (TPSA) is 84.1 Å². The molecule has 4 rings (SSSR count). The first kappa shape index (κ1) is 29.5. The van der Waals surface area contributed by atoms with E-state index in [4.69, 9.17) is 14.2 Å². The molecule has 0 unspecified atom stereocenters. The minimum Gasteiger partial charge on any atom is -0.497 e. The number of carbonyl (C=O) groups excluding carboxylic acids is 2. The van der Waals surface area contributed by atoms with Crippen molar-refractivity contribution in [3.63, 3.8) is 0 Å². The number of hydrogen-bond acceptors (Lipinski definition) is 5. The number of fused-ring (bicyclic) bond motifs is 1. The highest BCUT2D eigenvalue weighted by Gasteiger charge is 2.24. The quantitative estimate of drug-likeness (QED) is 0.215. The van der Waals surface area contributed by atoms with Gasteiger partial charge < -0.3 is 29.0 Å². The van der Waals surface area contributed by atoms with Gasteiger partial charge in [0.15, 0.2) is 0 Å². The van der Waals surface area contributed by atoms with Gasteiger partial charge in [-0.05, 0) is 54.3 Å². The van der Waals surface area contributed by atoms with Gasteiger partial charge in [-0.1, -0.05) is 43.7 Å². The summed E-state index contributed by atoms with van der Waals surface area (Å²) in [7, 11) is 4.73. The summed E-state index contributed by atoms with van der Waals surface area (Å²) < 4.78 is 16.0. The summed E-state index contributed by atoms with van der Waals surface area (Å²) in [5.41, 5.74) is 3.63. The van der Waals surface area contributed by atoms with Crippen molar-refractivity contribution in [2.75, 3.05) is 41.0 Å². The van der Waals surface area contributed by atoms with E-state index in [-0.39, 0.29) is 18.4 Å². The summed E-state index contributed by atoms with van der Waals surface area (Å²) in [6, 6.07) is 21.0. The molecule has 0 aliphatic heterocycles. The number of hydrogen-bond donors (Lipinski definition) is 1. The number of methoxy groups -OCH3 is 3. The minimum atomic E-state index is -0.231. The maximum Gasteiger partial charge on any atom is 0.254 e. The normalized spacial score (nSPS) is 10.8. The zero-order valence-electron chi connectivity index (χ0n) is 24.3. The van der Waals surface area contributed by atoms with Crippen LogP contribution in [-0.2, 0) is 17.8 Å². The number of H-pyrrole nitrogens is 1. The second kappa shape index (κ2) is 14.3. The monoisotopic (exact) mass is 557 g/mol. The summed E-state index contributed by atoms with van der Waals surface area (Å²) in [5.74, 6) is 1.46. The van der Waals surface area contributed by atoms with E-state index >= 15 is 0 Å². The number of aromatic amines is 1. The van der Waals surface area contributed by atoms with Gasteiger partial charge >= 0.3 is 0 Å². The third-order valence-electron chi connectivity index (χ3n) is 7.20. The first-order chi connectivity index (χ1) is 19.9. The molecule has 0 bridgehead atoms. The van der Waals surface area contributed by atoms with Crippen molar-refractivity contribution in [2.45, 2.75) is 32.7 Å². The molecule has 0 spiro atoms. The Kier molecular flexibility index (Phi) is 10.3. The minimum absolute atomic E-state index is 0.0254. The lowest BCUT2D eigenvalue weighted by Crippen LogP contribution is -2.43. The van der Waals surface area contributed by atoms with Crippen LogP contribution in [0.25, 0.3) is 10.9 Å². The largest absolute Gasteiger partial charge is 0.497 e. The van der Waals surface area contributed by atoms with Crippen molar-refractivity contribution >= 4 is 22.7 Å². The van der Waals surface area contributed by atoms with Crippen LogP contribution in [0, 0.1) is 0 Å². The molecule has 0 aliphatic carbocycles. The molecule has 2 amide bonds. The second-order valence-corrected chi connectivity index (χ2v) is 9.95. The van der Waals surface area contributed by atoms with E-state index in [9.17, 15) is 9.59 Å². The highest BCUT2D eigenvalue weighted by atomic mass is 16.5. The maximum absolute atomic E-state index is 13.9. The average molecular weight is 558 g/mol. The highest BCUT2D eigenvalue weighted by molar-refractivity contribution is 5.97. The van der Waals surface area contributed by atoms with Crippen LogP contribution in [-0.4, -0.2) is 67.6 Å². The molecule has 0 saturated heterocycles. The molecule has 1 N–H and O–H groups in total. The van der Waals surface area contributed by atoms with E-state index in [2.05, 4.69) is 18.0 Å². The van der Waals surface area contributed by atoms with Gasteiger partial charge in [-0.2, -0.15) is 0 Å². The summed E-state index contributed by atoms with van der Waals surface area (Å²) in [6.07, 6.45) is 4.37. The van der Waals surface area contributed by atoms with Crippen LogP contribution in [0.2, 0.25) is 0 Å². The van der Waals surface area contributed by atoms with E-state index in [1.807, 2.05) is 53.6 Å². The van der Waals surface area contributed by atoms with E-state index in [1.165, 1.54) is 0 Å². The zero-order chi connectivity index (χ0) is 29.2. The summed E-state index contributed by atoms with van der Waals surface area (Å²) in [6.45, 7) is 3.45. The molecule has 8 heteroatoms. The van der Waals surface area contributed by atoms with E-state index < -0.39 is 0 Å². The van der Waals surface area contributed by atoms with Crippen molar-refractivity contribution < 1.29 is 23.8 Å². The number of nitrogens with zero attached hydrogens (tertiary/aromatic N) is 2. The van der Waals surface area contributed by atoms with Crippen molar-refractivity contribution in [1.29, 1.82) is 0 Å². The number of carbonyl (C=O) groups is 2. The van der Waals surface area contributed by atoms with Gasteiger partial charge in [0.2, 0.25) is 5.91 Å². The maximum atomic E-state index is 13.9. The van der Waals surface area contributed by atoms with E-state index in [0.29, 0.717) is 43.1 Å². The van der Waals surface area contributed by atoms with Crippen molar-refractivity contribution in [2.24, 2.45) is 0 Å². The molecular weight excluding hydrogens is 518 g/mol. The predicted molar refractivity (Wildman–Crippen MR) is 161 cm³/mol. The van der Waals surface area contributed by atoms with Crippen LogP contribution in [0.3, 0.4) is 0 Å². The number of unbranched alkanes of at least 4 members (excludes halogenated alkanes) is 1. The standard InChI is InChI=1S/C33H39N3O5/c1-5-6-16-36(33(38)26-18-28(40-3)20-29(19-26)41-4)23-32(37)35(22-24-11-13-27(39-2)14-12-24)17-15-25-21-34-31-10-8-7-9-30(25)31/h7-14,18-21,34H,5-6,15-17,22-23H2,1-4H3. The molecule has 0 aliphatic rings. The number of benzene rings is 3. The molecule has 0 fully saturated rings. The van der Waals surface area contributed by atoms with Gasteiger partial charge in [-0.25, -0.2) is 0 Å². The molecular formula is C33H39N3O5. The lowest BCUT2D eigenvalue weighted by atomic mass is 10.1. The number of aromatic nitrogens is 1. The Labute approximate surface area is 241 Å². The Bertz CT molecular complexity index is 1420.